The van der Waals surface area contributed by atoms with Gasteiger partial charge in [0.2, 0.25) is 15.9 Å². The van der Waals surface area contributed by atoms with Crippen molar-refractivity contribution in [1.82, 2.24) is 4.90 Å². The number of carbonyl (C=O) groups excluding carboxylic acids is 1. The van der Waals surface area contributed by atoms with Crippen molar-refractivity contribution >= 4 is 15.9 Å². The molecule has 24 heavy (non-hydrogen) atoms. The lowest BCUT2D eigenvalue weighted by Crippen LogP contribution is -2.40. The Balaban J connectivity index is 1.76. The molecule has 1 amide bonds. The van der Waals surface area contributed by atoms with E-state index in [-0.39, 0.29) is 30.3 Å². The highest BCUT2D eigenvalue weighted by Crippen LogP contribution is 2.22. The number of likely N-dealkylation sites (tertiary alicyclic amines) is 1. The van der Waals surface area contributed by atoms with Crippen molar-refractivity contribution in [2.45, 2.75) is 38.5 Å². The van der Waals surface area contributed by atoms with Gasteiger partial charge in [0.25, 0.3) is 0 Å². The molecule has 1 aliphatic heterocycles. The Morgan fingerprint density at radius 3 is 2.67 bits per heavy atom. The van der Waals surface area contributed by atoms with Crippen LogP contribution < -0.4 is 5.14 Å². The van der Waals surface area contributed by atoms with E-state index in [0.717, 1.165) is 44.3 Å². The van der Waals surface area contributed by atoms with Crippen LogP contribution in [0.5, 0.6) is 0 Å². The zero-order valence-electron chi connectivity index (χ0n) is 13.8. The molecule has 5 nitrogen and oxygen atoms in total. The molecule has 1 fully saturated rings. The Labute approximate surface area is 143 Å². The van der Waals surface area contributed by atoms with Gasteiger partial charge in [0.05, 0.1) is 5.75 Å². The number of nitrogens with zero attached hydrogens (tertiary/aromatic N) is 1. The summed E-state index contributed by atoms with van der Waals surface area (Å²) in [5.41, 5.74) is 1.10. The second kappa shape index (κ2) is 8.58. The molecule has 0 aliphatic carbocycles. The van der Waals surface area contributed by atoms with Crippen LogP contribution >= 0.6 is 0 Å². The van der Waals surface area contributed by atoms with Gasteiger partial charge in [0.15, 0.2) is 0 Å². The van der Waals surface area contributed by atoms with E-state index in [2.05, 4.69) is 0 Å². The van der Waals surface area contributed by atoms with Crippen molar-refractivity contribution in [3.63, 3.8) is 0 Å². The van der Waals surface area contributed by atoms with Gasteiger partial charge in [0, 0.05) is 19.5 Å². The number of aryl methyl sites for hydroxylation is 1. The average Bonchev–Trinajstić information content (AvgIpc) is 2.53. The Morgan fingerprint density at radius 2 is 2.00 bits per heavy atom. The largest absolute Gasteiger partial charge is 0.342 e. The molecule has 0 saturated carbocycles. The van der Waals surface area contributed by atoms with E-state index in [1.165, 1.54) is 12.1 Å². The van der Waals surface area contributed by atoms with E-state index in [9.17, 15) is 17.6 Å². The summed E-state index contributed by atoms with van der Waals surface area (Å²) in [6.07, 6.45) is 4.39. The third kappa shape index (κ3) is 6.57. The quantitative estimate of drug-likeness (QED) is 0.812. The van der Waals surface area contributed by atoms with Gasteiger partial charge in [-0.15, -0.1) is 0 Å². The van der Waals surface area contributed by atoms with Crippen molar-refractivity contribution in [2.24, 2.45) is 11.1 Å². The third-order valence-corrected chi connectivity index (χ3v) is 5.30. The van der Waals surface area contributed by atoms with Crippen LogP contribution in [-0.2, 0) is 21.2 Å². The molecule has 1 heterocycles. The van der Waals surface area contributed by atoms with Gasteiger partial charge < -0.3 is 4.90 Å². The first-order chi connectivity index (χ1) is 11.3. The first-order valence-corrected chi connectivity index (χ1v) is 10.1. The molecule has 1 unspecified atom stereocenters. The predicted octanol–water partition coefficient (Wildman–Crippen LogP) is 2.07. The summed E-state index contributed by atoms with van der Waals surface area (Å²) in [6.45, 7) is 1.46. The fourth-order valence-electron chi connectivity index (χ4n) is 3.13. The number of hydrogen-bond donors (Lipinski definition) is 1. The summed E-state index contributed by atoms with van der Waals surface area (Å²) < 4.78 is 34.7. The minimum atomic E-state index is -3.50. The van der Waals surface area contributed by atoms with Crippen molar-refractivity contribution in [1.29, 1.82) is 0 Å². The number of carbonyl (C=O) groups is 1. The number of primary sulfonamides is 1. The molecule has 2 N–H and O–H groups in total. The molecule has 2 rings (SSSR count). The second-order valence-electron chi connectivity index (χ2n) is 6.48. The Bertz CT molecular complexity index is 646. The van der Waals surface area contributed by atoms with E-state index < -0.39 is 10.0 Å². The number of rotatable bonds is 7. The van der Waals surface area contributed by atoms with Crippen molar-refractivity contribution < 1.29 is 17.6 Å². The summed E-state index contributed by atoms with van der Waals surface area (Å²) in [6, 6.07) is 6.54. The monoisotopic (exact) mass is 356 g/mol. The maximum Gasteiger partial charge on any atom is 0.222 e. The first-order valence-electron chi connectivity index (χ1n) is 8.36. The van der Waals surface area contributed by atoms with Crippen molar-refractivity contribution in [3.05, 3.63) is 35.6 Å². The van der Waals surface area contributed by atoms with Crippen LogP contribution in [0.25, 0.3) is 0 Å². The summed E-state index contributed by atoms with van der Waals surface area (Å²) in [7, 11) is -3.50. The number of sulfonamides is 1. The summed E-state index contributed by atoms with van der Waals surface area (Å²) in [4.78, 5) is 14.0. The highest BCUT2D eigenvalue weighted by molar-refractivity contribution is 7.89. The molecule has 1 atom stereocenters. The van der Waals surface area contributed by atoms with Crippen LogP contribution in [0.3, 0.4) is 0 Å². The molecule has 0 spiro atoms. The lowest BCUT2D eigenvalue weighted by Gasteiger charge is -2.33. The molecule has 0 aromatic heterocycles. The van der Waals surface area contributed by atoms with E-state index in [0.29, 0.717) is 5.92 Å². The van der Waals surface area contributed by atoms with Gasteiger partial charge in [0.1, 0.15) is 5.82 Å². The zero-order valence-corrected chi connectivity index (χ0v) is 14.6. The first kappa shape index (κ1) is 18.9. The minimum Gasteiger partial charge on any atom is -0.342 e. The van der Waals surface area contributed by atoms with Crippen LogP contribution in [0.15, 0.2) is 24.3 Å². The number of halogens is 1. The van der Waals surface area contributed by atoms with Crippen molar-refractivity contribution in [2.75, 3.05) is 18.8 Å². The van der Waals surface area contributed by atoms with Crippen LogP contribution in [0.4, 0.5) is 4.39 Å². The van der Waals surface area contributed by atoms with Gasteiger partial charge >= 0.3 is 0 Å². The van der Waals surface area contributed by atoms with E-state index in [4.69, 9.17) is 5.14 Å². The lowest BCUT2D eigenvalue weighted by molar-refractivity contribution is -0.133. The van der Waals surface area contributed by atoms with Crippen LogP contribution in [-0.4, -0.2) is 38.1 Å². The molecule has 0 radical (unpaired) electrons. The van der Waals surface area contributed by atoms with Gasteiger partial charge in [-0.05, 0) is 55.7 Å². The molecule has 134 valence electrons. The van der Waals surface area contributed by atoms with Crippen LogP contribution in [0.2, 0.25) is 0 Å². The zero-order chi connectivity index (χ0) is 17.6. The van der Waals surface area contributed by atoms with Crippen LogP contribution in [0, 0.1) is 11.7 Å². The number of benzene rings is 1. The molecule has 7 heteroatoms. The molecule has 1 aromatic carbocycles. The van der Waals surface area contributed by atoms with Crippen LogP contribution in [0.1, 0.15) is 37.7 Å². The maximum absolute atomic E-state index is 12.9. The fraction of sp³-hybridized carbons (Fsp3) is 0.588. The molecule has 1 aromatic rings. The fourth-order valence-corrected chi connectivity index (χ4v) is 3.68. The normalized spacial score (nSPS) is 18.6. The van der Waals surface area contributed by atoms with Crippen molar-refractivity contribution in [3.8, 4) is 0 Å². The smallest absolute Gasteiger partial charge is 0.222 e. The van der Waals surface area contributed by atoms with E-state index >= 15 is 0 Å². The summed E-state index contributed by atoms with van der Waals surface area (Å²) >= 11 is 0. The molecular weight excluding hydrogens is 331 g/mol. The number of amides is 1. The SMILES string of the molecule is NS(=O)(=O)CCCC(=O)N1CCCC(CCc2ccc(F)cc2)C1. The van der Waals surface area contributed by atoms with Gasteiger partial charge in [-0.25, -0.2) is 17.9 Å². The van der Waals surface area contributed by atoms with E-state index in [1.54, 1.807) is 12.1 Å². The summed E-state index contributed by atoms with van der Waals surface area (Å²) in [5.74, 6) is 0.0597. The average molecular weight is 356 g/mol. The summed E-state index contributed by atoms with van der Waals surface area (Å²) in [5, 5.41) is 4.95. The number of hydrogen-bond acceptors (Lipinski definition) is 3. The van der Waals surface area contributed by atoms with Gasteiger partial charge in [-0.3, -0.25) is 4.79 Å². The minimum absolute atomic E-state index is 0.00475. The molecular formula is C17H25FN2O3S. The molecule has 1 saturated heterocycles. The number of piperidine rings is 1. The standard InChI is InChI=1S/C17H25FN2O3S/c18-16-9-7-14(8-10-16)5-6-15-3-1-11-20(13-15)17(21)4-2-12-24(19,22)23/h7-10,15H,1-6,11-13H2,(H2,19,22,23). The predicted molar refractivity (Wildman–Crippen MR) is 91.2 cm³/mol. The molecule has 0 bridgehead atoms. The Hall–Kier alpha value is -1.47. The number of nitrogens with two attached hydrogens (primary N) is 1. The topological polar surface area (TPSA) is 80.5 Å². The lowest BCUT2D eigenvalue weighted by atomic mass is 9.91. The highest BCUT2D eigenvalue weighted by Gasteiger charge is 2.23. The second-order valence-corrected chi connectivity index (χ2v) is 8.22. The van der Waals surface area contributed by atoms with Gasteiger partial charge in [-0.2, -0.15) is 0 Å². The van der Waals surface area contributed by atoms with Gasteiger partial charge in [-0.1, -0.05) is 12.1 Å². The Kier molecular flexibility index (Phi) is 6.74. The maximum atomic E-state index is 12.9. The molecule has 1 aliphatic rings. The highest BCUT2D eigenvalue weighted by atomic mass is 32.2. The Morgan fingerprint density at radius 1 is 1.29 bits per heavy atom. The third-order valence-electron chi connectivity index (χ3n) is 4.45. The van der Waals surface area contributed by atoms with E-state index in [1.807, 2.05) is 4.90 Å².